The van der Waals surface area contributed by atoms with Crippen molar-refractivity contribution in [2.24, 2.45) is 10.8 Å². The van der Waals surface area contributed by atoms with E-state index in [2.05, 4.69) is 69.8 Å². The molecule has 0 saturated carbocycles. The van der Waals surface area contributed by atoms with E-state index in [1.807, 2.05) is 0 Å². The van der Waals surface area contributed by atoms with E-state index in [1.165, 1.54) is 0 Å². The Bertz CT molecular complexity index is 302. The van der Waals surface area contributed by atoms with E-state index < -0.39 is 0 Å². The average Bonchev–Trinajstić information content (AvgIpc) is 1.93. The third-order valence-corrected chi connectivity index (χ3v) is 4.13. The van der Waals surface area contributed by atoms with E-state index in [9.17, 15) is 0 Å². The molecular formula is C14H28NP. The summed E-state index contributed by atoms with van der Waals surface area (Å²) in [6.07, 6.45) is 0. The number of likely N-dealkylation sites (N-methyl/N-ethyl adjacent to an activating group) is 1. The van der Waals surface area contributed by atoms with Crippen LogP contribution in [0, 0.1) is 10.8 Å². The monoisotopic (exact) mass is 241 g/mol. The second kappa shape index (κ2) is 4.10. The Labute approximate surface area is 104 Å². The molecule has 0 fully saturated rings. The van der Waals surface area contributed by atoms with Gasteiger partial charge in [0.1, 0.15) is 0 Å². The Kier molecular flexibility index (Phi) is 3.64. The zero-order valence-electron chi connectivity index (χ0n) is 12.2. The van der Waals surface area contributed by atoms with Gasteiger partial charge in [-0.1, -0.05) is 47.1 Å². The Morgan fingerprint density at radius 1 is 0.875 bits per heavy atom. The van der Waals surface area contributed by atoms with Crippen LogP contribution in [0.5, 0.6) is 0 Å². The molecule has 0 aromatic carbocycles. The summed E-state index contributed by atoms with van der Waals surface area (Å²) in [6.45, 7) is 14.0. The quantitative estimate of drug-likeness (QED) is 0.501. The first-order chi connectivity index (χ1) is 6.98. The number of hydrogen-bond acceptors (Lipinski definition) is 1. The van der Waals surface area contributed by atoms with Crippen molar-refractivity contribution in [2.45, 2.75) is 53.2 Å². The Morgan fingerprint density at radius 2 is 1.25 bits per heavy atom. The first-order valence-corrected chi connectivity index (χ1v) is 6.81. The van der Waals surface area contributed by atoms with E-state index in [4.69, 9.17) is 0 Å². The van der Waals surface area contributed by atoms with Crippen LogP contribution in [0.4, 0.5) is 0 Å². The first kappa shape index (κ1) is 14.2. The minimum Gasteiger partial charge on any atom is -0.302 e. The molecule has 0 aromatic heterocycles. The van der Waals surface area contributed by atoms with Gasteiger partial charge < -0.3 is 4.90 Å². The Balaban J connectivity index is 3.24. The van der Waals surface area contributed by atoms with Gasteiger partial charge in [0, 0.05) is 11.7 Å². The molecule has 0 aliphatic heterocycles. The highest BCUT2D eigenvalue weighted by Gasteiger charge is 2.47. The second-order valence-corrected chi connectivity index (χ2v) is 7.98. The highest BCUT2D eigenvalue weighted by atomic mass is 31.0. The summed E-state index contributed by atoms with van der Waals surface area (Å²) < 4.78 is 0. The van der Waals surface area contributed by atoms with Crippen molar-refractivity contribution in [3.05, 3.63) is 11.1 Å². The molecule has 3 atom stereocenters. The largest absolute Gasteiger partial charge is 0.302 e. The predicted octanol–water partition coefficient (Wildman–Crippen LogP) is 3.56. The number of hydrogen-bond donors (Lipinski definition) is 0. The fourth-order valence-corrected chi connectivity index (χ4v) is 4.13. The summed E-state index contributed by atoms with van der Waals surface area (Å²) >= 11 is 0. The Hall–Kier alpha value is 0.130. The maximum atomic E-state index is 3.04. The second-order valence-electron chi connectivity index (χ2n) is 7.26. The van der Waals surface area contributed by atoms with Crippen LogP contribution in [0.25, 0.3) is 0 Å². The number of nitrogens with zero attached hydrogens (tertiary/aromatic N) is 1. The Morgan fingerprint density at radius 3 is 1.50 bits per heavy atom. The summed E-state index contributed by atoms with van der Waals surface area (Å²) in [5.74, 6) is 0. The van der Waals surface area contributed by atoms with Gasteiger partial charge in [-0.15, -0.1) is 9.24 Å². The molecule has 1 aliphatic rings. The van der Waals surface area contributed by atoms with Crippen molar-refractivity contribution in [1.82, 2.24) is 4.90 Å². The molecule has 0 aromatic rings. The maximum Gasteiger partial charge on any atom is 0.0409 e. The van der Waals surface area contributed by atoms with Crippen molar-refractivity contribution < 1.29 is 0 Å². The molecule has 0 heterocycles. The van der Waals surface area contributed by atoms with E-state index in [0.29, 0.717) is 17.1 Å². The molecule has 0 bridgehead atoms. The van der Waals surface area contributed by atoms with Gasteiger partial charge in [0.2, 0.25) is 0 Å². The van der Waals surface area contributed by atoms with Gasteiger partial charge in [-0.05, 0) is 30.5 Å². The lowest BCUT2D eigenvalue weighted by molar-refractivity contribution is 0.232. The molecule has 3 unspecified atom stereocenters. The van der Waals surface area contributed by atoms with Crippen LogP contribution in [0.3, 0.4) is 0 Å². The molecule has 0 saturated heterocycles. The maximum absolute atomic E-state index is 3.04. The highest BCUT2D eigenvalue weighted by Crippen LogP contribution is 2.52. The summed E-state index contributed by atoms with van der Waals surface area (Å²) in [7, 11) is 7.41. The van der Waals surface area contributed by atoms with E-state index >= 15 is 0 Å². The fraction of sp³-hybridized carbons (Fsp3) is 0.857. The lowest BCUT2D eigenvalue weighted by Crippen LogP contribution is -2.53. The van der Waals surface area contributed by atoms with Crippen molar-refractivity contribution in [3.8, 4) is 0 Å². The molecule has 1 rings (SSSR count). The molecule has 1 nitrogen and oxygen atoms in total. The summed E-state index contributed by atoms with van der Waals surface area (Å²) in [4.78, 5) is 2.35. The minimum absolute atomic E-state index is 0.282. The average molecular weight is 241 g/mol. The molecule has 0 spiro atoms. The molecule has 94 valence electrons. The third-order valence-electron chi connectivity index (χ3n) is 3.43. The van der Waals surface area contributed by atoms with Gasteiger partial charge in [0.15, 0.2) is 0 Å². The van der Waals surface area contributed by atoms with Crippen LogP contribution in [-0.4, -0.2) is 30.7 Å². The summed E-state index contributed by atoms with van der Waals surface area (Å²) in [5, 5.41) is 0. The van der Waals surface area contributed by atoms with Crippen LogP contribution < -0.4 is 0 Å². The van der Waals surface area contributed by atoms with Crippen LogP contribution in [-0.2, 0) is 0 Å². The molecule has 0 N–H and O–H groups in total. The van der Waals surface area contributed by atoms with Crippen molar-refractivity contribution >= 4 is 9.24 Å². The lowest BCUT2D eigenvalue weighted by atomic mass is 9.62. The molecule has 1 aliphatic carbocycles. The zero-order chi connectivity index (χ0) is 12.9. The molecule has 16 heavy (non-hydrogen) atoms. The molecular weight excluding hydrogens is 213 g/mol. The van der Waals surface area contributed by atoms with Gasteiger partial charge in [-0.3, -0.25) is 0 Å². The molecule has 2 heteroatoms. The van der Waals surface area contributed by atoms with E-state index in [-0.39, 0.29) is 5.41 Å². The molecule has 0 radical (unpaired) electrons. The SMILES string of the molecule is CN(C)C1C(C(C)(C)C)=C(C(C)(C)C)C1P. The van der Waals surface area contributed by atoms with Crippen LogP contribution in [0.1, 0.15) is 41.5 Å². The minimum atomic E-state index is 0.282. The van der Waals surface area contributed by atoms with Crippen LogP contribution in [0.15, 0.2) is 11.1 Å². The lowest BCUT2D eigenvalue weighted by Gasteiger charge is -2.53. The normalized spacial score (nSPS) is 27.4. The first-order valence-electron chi connectivity index (χ1n) is 6.15. The number of rotatable bonds is 1. The fourth-order valence-electron chi connectivity index (χ4n) is 2.91. The van der Waals surface area contributed by atoms with Crippen LogP contribution in [0.2, 0.25) is 0 Å². The third kappa shape index (κ3) is 2.36. The van der Waals surface area contributed by atoms with Gasteiger partial charge in [-0.25, -0.2) is 0 Å². The highest BCUT2D eigenvalue weighted by molar-refractivity contribution is 7.18. The topological polar surface area (TPSA) is 3.24 Å². The van der Waals surface area contributed by atoms with Gasteiger partial charge in [-0.2, -0.15) is 0 Å². The standard InChI is InChI=1S/C14H28NP/c1-13(2,3)9-10(14(4,5)6)12(16)11(9)15(7)8/h11-12H,16H2,1-8H3. The van der Waals surface area contributed by atoms with E-state index in [0.717, 1.165) is 0 Å². The molecule has 0 amide bonds. The zero-order valence-corrected chi connectivity index (χ0v) is 13.3. The summed E-state index contributed by atoms with van der Waals surface area (Å²) in [6, 6.07) is 0.597. The van der Waals surface area contributed by atoms with Gasteiger partial charge in [0.05, 0.1) is 0 Å². The van der Waals surface area contributed by atoms with Gasteiger partial charge >= 0.3 is 0 Å². The van der Waals surface area contributed by atoms with Crippen molar-refractivity contribution in [3.63, 3.8) is 0 Å². The van der Waals surface area contributed by atoms with Gasteiger partial charge in [0.25, 0.3) is 0 Å². The van der Waals surface area contributed by atoms with Crippen LogP contribution >= 0.6 is 9.24 Å². The predicted molar refractivity (Wildman–Crippen MR) is 76.9 cm³/mol. The van der Waals surface area contributed by atoms with Crippen molar-refractivity contribution in [1.29, 1.82) is 0 Å². The van der Waals surface area contributed by atoms with E-state index in [1.54, 1.807) is 11.1 Å². The summed E-state index contributed by atoms with van der Waals surface area (Å²) in [5.41, 5.74) is 4.48. The smallest absolute Gasteiger partial charge is 0.0409 e. The van der Waals surface area contributed by atoms with Crippen molar-refractivity contribution in [2.75, 3.05) is 14.1 Å².